The minimum atomic E-state index is -4.47. The number of rotatable bonds is 2. The normalized spacial score (nSPS) is 14.4. The number of carbonyl (C=O) groups excluding carboxylic acids is 1. The van der Waals surface area contributed by atoms with Gasteiger partial charge in [0.1, 0.15) is 11.6 Å². The van der Waals surface area contributed by atoms with Crippen LogP contribution in [0.15, 0.2) is 12.4 Å². The third kappa shape index (κ3) is 3.75. The molecule has 0 aliphatic heterocycles. The van der Waals surface area contributed by atoms with Crippen molar-refractivity contribution in [3.8, 4) is 0 Å². The van der Waals surface area contributed by atoms with E-state index in [1.807, 2.05) is 0 Å². The largest absolute Gasteiger partial charge is 0.458 e. The number of alkyl halides is 3. The summed E-state index contributed by atoms with van der Waals surface area (Å²) in [5.41, 5.74) is -1.58. The standard InChI is InChI=1S/C11H15F3N2O2/c1-7(9(17)18-10(2,3)4)16-6-8(5-15-16)11(12,13)14/h5-7H,1-4H3. The van der Waals surface area contributed by atoms with E-state index in [2.05, 4.69) is 5.10 Å². The summed E-state index contributed by atoms with van der Waals surface area (Å²) in [6.45, 7) is 6.48. The molecule has 0 aliphatic carbocycles. The molecule has 0 aliphatic rings. The summed E-state index contributed by atoms with van der Waals surface area (Å²) in [5.74, 6) is -0.626. The average molecular weight is 264 g/mol. The van der Waals surface area contributed by atoms with E-state index in [1.165, 1.54) is 6.92 Å². The van der Waals surface area contributed by atoms with Crippen molar-refractivity contribution >= 4 is 5.97 Å². The second-order valence-electron chi connectivity index (χ2n) is 4.92. The summed E-state index contributed by atoms with van der Waals surface area (Å²) in [5, 5.41) is 3.53. The Morgan fingerprint density at radius 1 is 1.39 bits per heavy atom. The third-order valence-corrected chi connectivity index (χ3v) is 2.07. The minimum Gasteiger partial charge on any atom is -0.458 e. The van der Waals surface area contributed by atoms with Crippen LogP contribution in [-0.4, -0.2) is 21.4 Å². The lowest BCUT2D eigenvalue weighted by Crippen LogP contribution is -2.29. The molecular formula is C11H15F3N2O2. The smallest absolute Gasteiger partial charge is 0.419 e. The first-order valence-electron chi connectivity index (χ1n) is 5.35. The van der Waals surface area contributed by atoms with Crippen LogP contribution in [0.3, 0.4) is 0 Å². The predicted molar refractivity (Wildman–Crippen MR) is 57.8 cm³/mol. The van der Waals surface area contributed by atoms with Gasteiger partial charge in [0.25, 0.3) is 0 Å². The van der Waals surface area contributed by atoms with Crippen molar-refractivity contribution in [2.75, 3.05) is 0 Å². The van der Waals surface area contributed by atoms with Gasteiger partial charge in [-0.15, -0.1) is 0 Å². The maximum Gasteiger partial charge on any atom is 0.419 e. The van der Waals surface area contributed by atoms with Gasteiger partial charge < -0.3 is 4.74 Å². The van der Waals surface area contributed by atoms with E-state index in [4.69, 9.17) is 4.74 Å². The number of aromatic nitrogens is 2. The zero-order valence-corrected chi connectivity index (χ0v) is 10.6. The number of ether oxygens (including phenoxy) is 1. The zero-order chi connectivity index (χ0) is 14.1. The molecule has 1 atom stereocenters. The molecule has 0 spiro atoms. The van der Waals surface area contributed by atoms with E-state index in [9.17, 15) is 18.0 Å². The number of esters is 1. The summed E-state index contributed by atoms with van der Waals surface area (Å²) < 4.78 is 43.1. The van der Waals surface area contributed by atoms with Crippen LogP contribution in [0.4, 0.5) is 13.2 Å². The van der Waals surface area contributed by atoms with Crippen LogP contribution in [-0.2, 0) is 15.7 Å². The molecule has 0 bridgehead atoms. The van der Waals surface area contributed by atoms with Crippen molar-refractivity contribution < 1.29 is 22.7 Å². The Morgan fingerprint density at radius 3 is 2.33 bits per heavy atom. The van der Waals surface area contributed by atoms with Crippen LogP contribution in [0.25, 0.3) is 0 Å². The van der Waals surface area contributed by atoms with Crippen LogP contribution < -0.4 is 0 Å². The second kappa shape index (κ2) is 4.62. The van der Waals surface area contributed by atoms with E-state index < -0.39 is 29.4 Å². The van der Waals surface area contributed by atoms with E-state index in [-0.39, 0.29) is 0 Å². The zero-order valence-electron chi connectivity index (χ0n) is 10.6. The minimum absolute atomic E-state index is 0.626. The highest BCUT2D eigenvalue weighted by molar-refractivity contribution is 5.74. The van der Waals surface area contributed by atoms with Crippen molar-refractivity contribution in [3.05, 3.63) is 18.0 Å². The van der Waals surface area contributed by atoms with Gasteiger partial charge in [-0.1, -0.05) is 0 Å². The lowest BCUT2D eigenvalue weighted by Gasteiger charge is -2.22. The van der Waals surface area contributed by atoms with E-state index >= 15 is 0 Å². The van der Waals surface area contributed by atoms with Gasteiger partial charge in [-0.3, -0.25) is 4.68 Å². The summed E-state index contributed by atoms with van der Waals surface area (Å²) in [4.78, 5) is 11.7. The van der Waals surface area contributed by atoms with Crippen molar-refractivity contribution in [2.24, 2.45) is 0 Å². The van der Waals surface area contributed by atoms with E-state index in [1.54, 1.807) is 20.8 Å². The summed E-state index contributed by atoms with van der Waals surface area (Å²) in [6.07, 6.45) is -3.00. The lowest BCUT2D eigenvalue weighted by atomic mass is 10.2. The maximum absolute atomic E-state index is 12.4. The second-order valence-corrected chi connectivity index (χ2v) is 4.92. The third-order valence-electron chi connectivity index (χ3n) is 2.07. The fraction of sp³-hybridized carbons (Fsp3) is 0.636. The van der Waals surface area contributed by atoms with Gasteiger partial charge in [0, 0.05) is 6.20 Å². The van der Waals surface area contributed by atoms with Crippen LogP contribution in [0.1, 0.15) is 39.3 Å². The molecule has 18 heavy (non-hydrogen) atoms. The van der Waals surface area contributed by atoms with Gasteiger partial charge in [-0.25, -0.2) is 4.79 Å². The van der Waals surface area contributed by atoms with Crippen LogP contribution in [0.2, 0.25) is 0 Å². The Morgan fingerprint density at radius 2 is 1.94 bits per heavy atom. The summed E-state index contributed by atoms with van der Waals surface area (Å²) in [6, 6.07) is -0.902. The SMILES string of the molecule is CC(C(=O)OC(C)(C)C)n1cc(C(F)(F)F)cn1. The first kappa shape index (κ1) is 14.5. The van der Waals surface area contributed by atoms with Gasteiger partial charge in [-0.2, -0.15) is 18.3 Å². The molecule has 1 rings (SSSR count). The van der Waals surface area contributed by atoms with Crippen LogP contribution in [0, 0.1) is 0 Å². The average Bonchev–Trinajstić information content (AvgIpc) is 2.61. The van der Waals surface area contributed by atoms with Crippen molar-refractivity contribution in [1.29, 1.82) is 0 Å². The Kier molecular flexibility index (Phi) is 3.73. The fourth-order valence-electron chi connectivity index (χ4n) is 1.19. The highest BCUT2D eigenvalue weighted by Crippen LogP contribution is 2.29. The summed E-state index contributed by atoms with van der Waals surface area (Å²) in [7, 11) is 0. The van der Waals surface area contributed by atoms with Crippen molar-refractivity contribution in [1.82, 2.24) is 9.78 Å². The lowest BCUT2D eigenvalue weighted by molar-refractivity contribution is -0.159. The van der Waals surface area contributed by atoms with Crippen LogP contribution in [0.5, 0.6) is 0 Å². The number of nitrogens with zero attached hydrogens (tertiary/aromatic N) is 2. The van der Waals surface area contributed by atoms with E-state index in [0.717, 1.165) is 10.9 Å². The molecule has 1 aromatic rings. The molecule has 0 amide bonds. The monoisotopic (exact) mass is 264 g/mol. The number of carbonyl (C=O) groups is 1. The molecular weight excluding hydrogens is 249 g/mol. The molecule has 0 saturated heterocycles. The predicted octanol–water partition coefficient (Wildman–Crippen LogP) is 2.80. The highest BCUT2D eigenvalue weighted by Gasteiger charge is 2.33. The molecule has 0 N–H and O–H groups in total. The molecule has 0 saturated carbocycles. The Bertz CT molecular complexity index is 432. The number of hydrogen-bond donors (Lipinski definition) is 0. The van der Waals surface area contributed by atoms with Gasteiger partial charge in [0.2, 0.25) is 0 Å². The molecule has 1 heterocycles. The molecule has 4 nitrogen and oxygen atoms in total. The maximum atomic E-state index is 12.4. The molecule has 1 unspecified atom stereocenters. The van der Waals surface area contributed by atoms with Gasteiger partial charge in [0.15, 0.2) is 0 Å². The van der Waals surface area contributed by atoms with Gasteiger partial charge >= 0.3 is 12.1 Å². The Hall–Kier alpha value is -1.53. The van der Waals surface area contributed by atoms with Crippen molar-refractivity contribution in [2.45, 2.75) is 45.5 Å². The number of halogens is 3. The van der Waals surface area contributed by atoms with Crippen molar-refractivity contribution in [3.63, 3.8) is 0 Å². The first-order valence-corrected chi connectivity index (χ1v) is 5.35. The molecule has 0 radical (unpaired) electrons. The number of hydrogen-bond acceptors (Lipinski definition) is 3. The van der Waals surface area contributed by atoms with Crippen LogP contribution >= 0.6 is 0 Å². The first-order chi connectivity index (χ1) is 8.00. The molecule has 0 fully saturated rings. The topological polar surface area (TPSA) is 44.1 Å². The summed E-state index contributed by atoms with van der Waals surface area (Å²) >= 11 is 0. The Balaban J connectivity index is 2.82. The molecule has 7 heteroatoms. The molecule has 1 aromatic heterocycles. The van der Waals surface area contributed by atoms with E-state index in [0.29, 0.717) is 6.20 Å². The van der Waals surface area contributed by atoms with Gasteiger partial charge in [0.05, 0.1) is 11.8 Å². The quantitative estimate of drug-likeness (QED) is 0.771. The van der Waals surface area contributed by atoms with Gasteiger partial charge in [-0.05, 0) is 27.7 Å². The Labute approximate surface area is 103 Å². The fourth-order valence-corrected chi connectivity index (χ4v) is 1.19. The molecule has 0 aromatic carbocycles. The molecule has 102 valence electrons. The highest BCUT2D eigenvalue weighted by atomic mass is 19.4.